The number of fused-ring (bicyclic) bond motifs is 1. The number of benzene rings is 1. The third-order valence-corrected chi connectivity index (χ3v) is 5.39. The zero-order chi connectivity index (χ0) is 20.8. The molecule has 0 amide bonds. The number of guanidine groups is 1. The van der Waals surface area contributed by atoms with Crippen LogP contribution in [0.25, 0.3) is 11.0 Å². The highest BCUT2D eigenvalue weighted by Gasteiger charge is 2.22. The summed E-state index contributed by atoms with van der Waals surface area (Å²) in [6.07, 6.45) is 0. The third kappa shape index (κ3) is 5.42. The molecule has 1 aliphatic rings. The van der Waals surface area contributed by atoms with Gasteiger partial charge in [-0.15, -0.1) is 0 Å². The molecule has 0 spiro atoms. The van der Waals surface area contributed by atoms with Gasteiger partial charge in [0.25, 0.3) is 0 Å². The molecular formula is C22H35N5O2. The van der Waals surface area contributed by atoms with Crippen molar-refractivity contribution in [3.05, 3.63) is 30.0 Å². The van der Waals surface area contributed by atoms with E-state index in [0.29, 0.717) is 12.6 Å². The molecule has 1 aromatic heterocycles. The molecule has 1 saturated heterocycles. The lowest BCUT2D eigenvalue weighted by Crippen LogP contribution is -2.51. The predicted octanol–water partition coefficient (Wildman–Crippen LogP) is 2.69. The second-order valence-electron chi connectivity index (χ2n) is 7.74. The lowest BCUT2D eigenvalue weighted by atomic mass is 10.2. The summed E-state index contributed by atoms with van der Waals surface area (Å²) in [5.41, 5.74) is 0.798. The second kappa shape index (κ2) is 9.98. The molecule has 2 heterocycles. The SMILES string of the molecule is CCNC(=NCC1CN(C)CCN1C)NC(C)c1cc2cccc(OCC)c2o1. The number of hydrogen-bond acceptors (Lipinski definition) is 5. The van der Waals surface area contributed by atoms with Crippen LogP contribution in [0, 0.1) is 0 Å². The van der Waals surface area contributed by atoms with Gasteiger partial charge in [-0.3, -0.25) is 9.89 Å². The van der Waals surface area contributed by atoms with Gasteiger partial charge < -0.3 is 24.7 Å². The fraction of sp³-hybridized carbons (Fsp3) is 0.591. The van der Waals surface area contributed by atoms with Crippen LogP contribution in [0.15, 0.2) is 33.7 Å². The number of nitrogens with zero attached hydrogens (tertiary/aromatic N) is 3. The highest BCUT2D eigenvalue weighted by Crippen LogP contribution is 2.31. The van der Waals surface area contributed by atoms with Crippen LogP contribution in [0.4, 0.5) is 0 Å². The number of para-hydroxylation sites is 1. The van der Waals surface area contributed by atoms with E-state index in [1.54, 1.807) is 0 Å². The van der Waals surface area contributed by atoms with Crippen LogP contribution in [-0.2, 0) is 0 Å². The van der Waals surface area contributed by atoms with E-state index in [1.165, 1.54) is 0 Å². The number of aliphatic imine (C=N–C) groups is 1. The van der Waals surface area contributed by atoms with Crippen LogP contribution in [-0.4, -0.2) is 75.2 Å². The van der Waals surface area contributed by atoms with E-state index in [1.807, 2.05) is 25.1 Å². The molecule has 7 heteroatoms. The molecule has 2 unspecified atom stereocenters. The first-order valence-corrected chi connectivity index (χ1v) is 10.6. The van der Waals surface area contributed by atoms with Crippen molar-refractivity contribution in [1.29, 1.82) is 0 Å². The van der Waals surface area contributed by atoms with Crippen LogP contribution in [0.2, 0.25) is 0 Å². The maximum absolute atomic E-state index is 6.13. The van der Waals surface area contributed by atoms with Gasteiger partial charge in [0.2, 0.25) is 0 Å². The summed E-state index contributed by atoms with van der Waals surface area (Å²) in [5.74, 6) is 2.47. The fourth-order valence-electron chi connectivity index (χ4n) is 3.63. The molecule has 0 aliphatic carbocycles. The average molecular weight is 402 g/mol. The van der Waals surface area contributed by atoms with Crippen molar-refractivity contribution in [1.82, 2.24) is 20.4 Å². The van der Waals surface area contributed by atoms with E-state index in [-0.39, 0.29) is 6.04 Å². The normalized spacial score (nSPS) is 20.0. The summed E-state index contributed by atoms with van der Waals surface area (Å²) in [6.45, 7) is 11.6. The first kappa shape index (κ1) is 21.5. The van der Waals surface area contributed by atoms with E-state index in [0.717, 1.165) is 61.2 Å². The average Bonchev–Trinajstić information content (AvgIpc) is 3.14. The van der Waals surface area contributed by atoms with Crippen molar-refractivity contribution in [2.24, 2.45) is 4.99 Å². The summed E-state index contributed by atoms with van der Waals surface area (Å²) in [6, 6.07) is 8.48. The van der Waals surface area contributed by atoms with Crippen molar-refractivity contribution in [2.45, 2.75) is 32.9 Å². The Morgan fingerprint density at radius 2 is 2.14 bits per heavy atom. The molecule has 160 valence electrons. The molecule has 2 aromatic rings. The Morgan fingerprint density at radius 3 is 2.90 bits per heavy atom. The predicted molar refractivity (Wildman–Crippen MR) is 119 cm³/mol. The summed E-state index contributed by atoms with van der Waals surface area (Å²) in [4.78, 5) is 9.61. The maximum atomic E-state index is 6.13. The Balaban J connectivity index is 1.71. The maximum Gasteiger partial charge on any atom is 0.191 e. The van der Waals surface area contributed by atoms with Crippen LogP contribution in [0.3, 0.4) is 0 Å². The van der Waals surface area contributed by atoms with Crippen molar-refractivity contribution >= 4 is 16.9 Å². The molecule has 29 heavy (non-hydrogen) atoms. The number of piperazine rings is 1. The van der Waals surface area contributed by atoms with Crippen LogP contribution in [0.5, 0.6) is 5.75 Å². The number of likely N-dealkylation sites (N-methyl/N-ethyl adjacent to an activating group) is 2. The van der Waals surface area contributed by atoms with Crippen molar-refractivity contribution in [3.63, 3.8) is 0 Å². The molecule has 0 bridgehead atoms. The van der Waals surface area contributed by atoms with Gasteiger partial charge in [0.15, 0.2) is 17.3 Å². The van der Waals surface area contributed by atoms with Crippen molar-refractivity contribution < 1.29 is 9.15 Å². The van der Waals surface area contributed by atoms with E-state index in [4.69, 9.17) is 14.1 Å². The van der Waals surface area contributed by atoms with Gasteiger partial charge in [-0.1, -0.05) is 12.1 Å². The number of furan rings is 1. The van der Waals surface area contributed by atoms with Gasteiger partial charge in [0, 0.05) is 37.6 Å². The Morgan fingerprint density at radius 1 is 1.31 bits per heavy atom. The largest absolute Gasteiger partial charge is 0.490 e. The van der Waals surface area contributed by atoms with Gasteiger partial charge in [-0.2, -0.15) is 0 Å². The zero-order valence-corrected chi connectivity index (χ0v) is 18.4. The third-order valence-electron chi connectivity index (χ3n) is 5.39. The van der Waals surface area contributed by atoms with Crippen LogP contribution < -0.4 is 15.4 Å². The second-order valence-corrected chi connectivity index (χ2v) is 7.74. The number of rotatable bonds is 7. The summed E-state index contributed by atoms with van der Waals surface area (Å²) < 4.78 is 11.8. The minimum atomic E-state index is -0.0126. The zero-order valence-electron chi connectivity index (χ0n) is 18.4. The van der Waals surface area contributed by atoms with E-state index in [2.05, 4.69) is 54.4 Å². The van der Waals surface area contributed by atoms with Gasteiger partial charge in [-0.05, 0) is 47.0 Å². The van der Waals surface area contributed by atoms with Gasteiger partial charge in [-0.25, -0.2) is 0 Å². The quantitative estimate of drug-likeness (QED) is 0.549. The Hall–Kier alpha value is -2.25. The molecule has 0 radical (unpaired) electrons. The Kier molecular flexibility index (Phi) is 7.39. The van der Waals surface area contributed by atoms with Crippen molar-refractivity contribution in [2.75, 3.05) is 53.4 Å². The molecule has 2 atom stereocenters. The van der Waals surface area contributed by atoms with E-state index < -0.39 is 0 Å². The van der Waals surface area contributed by atoms with E-state index in [9.17, 15) is 0 Å². The topological polar surface area (TPSA) is 65.3 Å². The van der Waals surface area contributed by atoms with Crippen molar-refractivity contribution in [3.8, 4) is 5.75 Å². The minimum absolute atomic E-state index is 0.0126. The first-order valence-electron chi connectivity index (χ1n) is 10.6. The lowest BCUT2D eigenvalue weighted by molar-refractivity contribution is 0.119. The molecule has 2 N–H and O–H groups in total. The summed E-state index contributed by atoms with van der Waals surface area (Å²) in [5, 5.41) is 7.89. The Labute approximate surface area is 174 Å². The summed E-state index contributed by atoms with van der Waals surface area (Å²) >= 11 is 0. The van der Waals surface area contributed by atoms with E-state index >= 15 is 0 Å². The van der Waals surface area contributed by atoms with Crippen LogP contribution >= 0.6 is 0 Å². The number of nitrogens with one attached hydrogen (secondary N) is 2. The molecule has 0 saturated carbocycles. The smallest absolute Gasteiger partial charge is 0.191 e. The van der Waals surface area contributed by atoms with Crippen LogP contribution in [0.1, 0.15) is 32.6 Å². The van der Waals surface area contributed by atoms with Gasteiger partial charge in [0.1, 0.15) is 5.76 Å². The molecular weight excluding hydrogens is 366 g/mol. The monoisotopic (exact) mass is 401 g/mol. The molecule has 1 aliphatic heterocycles. The molecule has 1 fully saturated rings. The molecule has 1 aromatic carbocycles. The Bertz CT molecular complexity index is 819. The highest BCUT2D eigenvalue weighted by atomic mass is 16.5. The van der Waals surface area contributed by atoms with Gasteiger partial charge in [0.05, 0.1) is 19.2 Å². The lowest BCUT2D eigenvalue weighted by Gasteiger charge is -2.37. The fourth-order valence-corrected chi connectivity index (χ4v) is 3.63. The van der Waals surface area contributed by atoms with Gasteiger partial charge >= 0.3 is 0 Å². The first-order chi connectivity index (χ1) is 14.0. The highest BCUT2D eigenvalue weighted by molar-refractivity contribution is 5.84. The molecule has 7 nitrogen and oxygen atoms in total. The minimum Gasteiger partial charge on any atom is -0.490 e. The standard InChI is InChI=1S/C22H35N5O2/c1-6-23-22(24-14-18-15-26(4)11-12-27(18)5)25-16(3)20-13-17-9-8-10-19(28-7-2)21(17)29-20/h8-10,13,16,18H,6-7,11-12,14-15H2,1-5H3,(H2,23,24,25). The summed E-state index contributed by atoms with van der Waals surface area (Å²) in [7, 11) is 4.36. The molecule has 3 rings (SSSR count). The number of ether oxygens (including phenoxy) is 1. The number of hydrogen-bond donors (Lipinski definition) is 2.